The van der Waals surface area contributed by atoms with Gasteiger partial charge in [-0.1, -0.05) is 12.8 Å². The molecule has 0 radical (unpaired) electrons. The Bertz CT molecular complexity index is 383. The second kappa shape index (κ2) is 8.04. The van der Waals surface area contributed by atoms with Crippen molar-refractivity contribution in [3.63, 3.8) is 0 Å². The van der Waals surface area contributed by atoms with Gasteiger partial charge in [0.1, 0.15) is 6.54 Å². The van der Waals surface area contributed by atoms with Gasteiger partial charge in [-0.15, -0.1) is 0 Å². The molecule has 0 spiro atoms. The second-order valence-corrected chi connectivity index (χ2v) is 5.46. The van der Waals surface area contributed by atoms with Gasteiger partial charge in [0.05, 0.1) is 6.33 Å². The lowest BCUT2D eigenvalue weighted by Crippen LogP contribution is -2.40. The molecule has 112 valence electrons. The normalized spacial score (nSPS) is 16.9. The van der Waals surface area contributed by atoms with E-state index in [4.69, 9.17) is 0 Å². The maximum Gasteiger partial charge on any atom is 0.242 e. The molecule has 1 aromatic heterocycles. The molecule has 0 N–H and O–H groups in total. The zero-order chi connectivity index (χ0) is 14.2. The molecular formula is C15H26N4O. The van der Waals surface area contributed by atoms with E-state index in [1.807, 2.05) is 22.6 Å². The largest absolute Gasteiger partial charge is 0.340 e. The molecule has 0 saturated carbocycles. The third-order valence-electron chi connectivity index (χ3n) is 4.00. The van der Waals surface area contributed by atoms with Crippen LogP contribution in [0.25, 0.3) is 0 Å². The number of likely N-dealkylation sites (tertiary alicyclic amines) is 1. The standard InChI is InChI=1S/C15H26N4O/c1-2-19(15(20)13-18-10-7-16-14-18)12-11-17-8-5-3-4-6-9-17/h7,10,14H,2-6,8-9,11-13H2,1H3. The van der Waals surface area contributed by atoms with Gasteiger partial charge in [0.15, 0.2) is 0 Å². The zero-order valence-electron chi connectivity index (χ0n) is 12.5. The van der Waals surface area contributed by atoms with Crippen LogP contribution in [-0.2, 0) is 11.3 Å². The molecule has 1 fully saturated rings. The number of carbonyl (C=O) groups is 1. The Balaban J connectivity index is 1.77. The van der Waals surface area contributed by atoms with Crippen molar-refractivity contribution in [2.75, 3.05) is 32.7 Å². The SMILES string of the molecule is CCN(CCN1CCCCCC1)C(=O)Cn1ccnc1. The van der Waals surface area contributed by atoms with Crippen molar-refractivity contribution in [3.8, 4) is 0 Å². The minimum absolute atomic E-state index is 0.181. The molecule has 1 saturated heterocycles. The monoisotopic (exact) mass is 278 g/mol. The summed E-state index contributed by atoms with van der Waals surface area (Å²) < 4.78 is 1.83. The van der Waals surface area contributed by atoms with Crippen molar-refractivity contribution in [2.24, 2.45) is 0 Å². The molecule has 0 aliphatic carbocycles. The summed E-state index contributed by atoms with van der Waals surface area (Å²) in [5, 5.41) is 0. The molecule has 5 nitrogen and oxygen atoms in total. The maximum absolute atomic E-state index is 12.2. The van der Waals surface area contributed by atoms with Crippen LogP contribution in [0.2, 0.25) is 0 Å². The number of aromatic nitrogens is 2. The first-order valence-electron chi connectivity index (χ1n) is 7.75. The molecule has 2 heterocycles. The van der Waals surface area contributed by atoms with E-state index in [9.17, 15) is 4.79 Å². The predicted molar refractivity (Wildman–Crippen MR) is 79.4 cm³/mol. The first-order chi connectivity index (χ1) is 9.79. The van der Waals surface area contributed by atoms with E-state index in [2.05, 4.69) is 9.88 Å². The molecule has 0 aromatic carbocycles. The van der Waals surface area contributed by atoms with Crippen molar-refractivity contribution >= 4 is 5.91 Å². The van der Waals surface area contributed by atoms with Gasteiger partial charge >= 0.3 is 0 Å². The maximum atomic E-state index is 12.2. The van der Waals surface area contributed by atoms with E-state index in [1.54, 1.807) is 12.5 Å². The lowest BCUT2D eigenvalue weighted by molar-refractivity contribution is -0.131. The van der Waals surface area contributed by atoms with E-state index in [-0.39, 0.29) is 5.91 Å². The molecule has 1 amide bonds. The van der Waals surface area contributed by atoms with Gasteiger partial charge in [-0.05, 0) is 32.9 Å². The van der Waals surface area contributed by atoms with E-state index >= 15 is 0 Å². The van der Waals surface area contributed by atoms with Crippen molar-refractivity contribution < 1.29 is 4.79 Å². The highest BCUT2D eigenvalue weighted by atomic mass is 16.2. The Labute approximate surface area is 121 Å². The smallest absolute Gasteiger partial charge is 0.242 e. The van der Waals surface area contributed by atoms with Gasteiger partial charge < -0.3 is 14.4 Å². The fraction of sp³-hybridized carbons (Fsp3) is 0.733. The van der Waals surface area contributed by atoms with Crippen LogP contribution in [0.4, 0.5) is 0 Å². The van der Waals surface area contributed by atoms with Gasteiger partial charge in [-0.3, -0.25) is 4.79 Å². The highest BCUT2D eigenvalue weighted by molar-refractivity contribution is 5.75. The quantitative estimate of drug-likeness (QED) is 0.794. The highest BCUT2D eigenvalue weighted by Gasteiger charge is 2.14. The van der Waals surface area contributed by atoms with E-state index in [0.717, 1.165) is 19.6 Å². The summed E-state index contributed by atoms with van der Waals surface area (Å²) in [6, 6.07) is 0. The molecule has 5 heteroatoms. The number of hydrogen-bond donors (Lipinski definition) is 0. The van der Waals surface area contributed by atoms with Crippen LogP contribution in [0.3, 0.4) is 0 Å². The number of amides is 1. The Kier molecular flexibility index (Phi) is 6.05. The number of rotatable bonds is 6. The predicted octanol–water partition coefficient (Wildman–Crippen LogP) is 1.61. The Morgan fingerprint density at radius 2 is 2.00 bits per heavy atom. The number of carbonyl (C=O) groups excluding carboxylic acids is 1. The van der Waals surface area contributed by atoms with Crippen molar-refractivity contribution in [1.29, 1.82) is 0 Å². The number of likely N-dealkylation sites (N-methyl/N-ethyl adjacent to an activating group) is 1. The van der Waals surface area contributed by atoms with Crippen LogP contribution in [0, 0.1) is 0 Å². The molecule has 1 aliphatic heterocycles. The van der Waals surface area contributed by atoms with Crippen molar-refractivity contribution in [2.45, 2.75) is 39.2 Å². The Hall–Kier alpha value is -1.36. The fourth-order valence-electron chi connectivity index (χ4n) is 2.72. The third kappa shape index (κ3) is 4.63. The summed E-state index contributed by atoms with van der Waals surface area (Å²) >= 11 is 0. The first kappa shape index (κ1) is 15.0. The van der Waals surface area contributed by atoms with E-state index in [0.29, 0.717) is 6.54 Å². The summed E-state index contributed by atoms with van der Waals surface area (Å²) in [6.07, 6.45) is 10.5. The molecule has 0 bridgehead atoms. The average molecular weight is 278 g/mol. The molecule has 20 heavy (non-hydrogen) atoms. The minimum Gasteiger partial charge on any atom is -0.340 e. The fourth-order valence-corrected chi connectivity index (χ4v) is 2.72. The van der Waals surface area contributed by atoms with E-state index in [1.165, 1.54) is 38.8 Å². The van der Waals surface area contributed by atoms with Crippen molar-refractivity contribution in [3.05, 3.63) is 18.7 Å². The second-order valence-electron chi connectivity index (χ2n) is 5.46. The van der Waals surface area contributed by atoms with Crippen LogP contribution in [0.15, 0.2) is 18.7 Å². The van der Waals surface area contributed by atoms with Gasteiger partial charge in [-0.2, -0.15) is 0 Å². The lowest BCUT2D eigenvalue weighted by atomic mass is 10.2. The third-order valence-corrected chi connectivity index (χ3v) is 4.00. The average Bonchev–Trinajstić information content (AvgIpc) is 2.81. The summed E-state index contributed by atoms with van der Waals surface area (Å²) in [6.45, 7) is 7.44. The Morgan fingerprint density at radius 3 is 2.60 bits per heavy atom. The summed E-state index contributed by atoms with van der Waals surface area (Å²) in [7, 11) is 0. The molecular weight excluding hydrogens is 252 g/mol. The number of hydrogen-bond acceptors (Lipinski definition) is 3. The van der Waals surface area contributed by atoms with Crippen LogP contribution in [-0.4, -0.2) is 58.0 Å². The van der Waals surface area contributed by atoms with Crippen LogP contribution < -0.4 is 0 Å². The first-order valence-corrected chi connectivity index (χ1v) is 7.75. The molecule has 0 atom stereocenters. The topological polar surface area (TPSA) is 41.4 Å². The van der Waals surface area contributed by atoms with Gasteiger partial charge in [0.2, 0.25) is 5.91 Å². The molecule has 2 rings (SSSR count). The number of nitrogens with zero attached hydrogens (tertiary/aromatic N) is 4. The molecule has 1 aromatic rings. The van der Waals surface area contributed by atoms with Crippen LogP contribution in [0.1, 0.15) is 32.6 Å². The highest BCUT2D eigenvalue weighted by Crippen LogP contribution is 2.09. The minimum atomic E-state index is 0.181. The van der Waals surface area contributed by atoms with Crippen molar-refractivity contribution in [1.82, 2.24) is 19.4 Å². The van der Waals surface area contributed by atoms with Crippen LogP contribution >= 0.6 is 0 Å². The summed E-state index contributed by atoms with van der Waals surface area (Å²) in [5.41, 5.74) is 0. The summed E-state index contributed by atoms with van der Waals surface area (Å²) in [4.78, 5) is 20.7. The zero-order valence-corrected chi connectivity index (χ0v) is 12.5. The van der Waals surface area contributed by atoms with Crippen LogP contribution in [0.5, 0.6) is 0 Å². The lowest BCUT2D eigenvalue weighted by Gasteiger charge is -2.26. The van der Waals surface area contributed by atoms with Gasteiger partial charge in [0.25, 0.3) is 0 Å². The summed E-state index contributed by atoms with van der Waals surface area (Å²) in [5.74, 6) is 0.181. The number of imidazole rings is 1. The van der Waals surface area contributed by atoms with Gasteiger partial charge in [-0.25, -0.2) is 4.98 Å². The Morgan fingerprint density at radius 1 is 1.25 bits per heavy atom. The van der Waals surface area contributed by atoms with E-state index < -0.39 is 0 Å². The molecule has 0 unspecified atom stereocenters. The molecule has 1 aliphatic rings. The van der Waals surface area contributed by atoms with Gasteiger partial charge in [0, 0.05) is 32.0 Å².